The number of alkyl halides is 3. The van der Waals surface area contributed by atoms with Gasteiger partial charge in [-0.1, -0.05) is 78.6 Å². The van der Waals surface area contributed by atoms with Gasteiger partial charge >= 0.3 is 0 Å². The van der Waals surface area contributed by atoms with Crippen LogP contribution in [0.2, 0.25) is 0 Å². The SMILES string of the molecule is CCCCC1CCC(C2CCC(CCC(CC)C3CCC(C4CCC(CC)CC4)C(F)C3F)CC2)CC1F. The molecule has 0 saturated heterocycles. The molecule has 0 bridgehead atoms. The van der Waals surface area contributed by atoms with Crippen LogP contribution in [0.25, 0.3) is 0 Å². The summed E-state index contributed by atoms with van der Waals surface area (Å²) >= 11 is 0. The zero-order valence-corrected chi connectivity index (χ0v) is 25.2. The van der Waals surface area contributed by atoms with E-state index < -0.39 is 18.5 Å². The molecule has 4 aliphatic carbocycles. The highest BCUT2D eigenvalue weighted by atomic mass is 19.2. The van der Waals surface area contributed by atoms with Gasteiger partial charge in [0.05, 0.1) is 0 Å². The first kappa shape index (κ1) is 30.7. The molecule has 4 rings (SSSR count). The van der Waals surface area contributed by atoms with E-state index in [1.807, 2.05) is 0 Å². The van der Waals surface area contributed by atoms with Gasteiger partial charge < -0.3 is 0 Å². The number of hydrogen-bond acceptors (Lipinski definition) is 0. The van der Waals surface area contributed by atoms with Crippen LogP contribution in [-0.4, -0.2) is 18.5 Å². The molecule has 0 nitrogen and oxygen atoms in total. The van der Waals surface area contributed by atoms with E-state index in [0.29, 0.717) is 23.7 Å². The number of rotatable bonds is 11. The third kappa shape index (κ3) is 7.74. The van der Waals surface area contributed by atoms with Gasteiger partial charge in [-0.25, -0.2) is 13.2 Å². The summed E-state index contributed by atoms with van der Waals surface area (Å²) in [5.74, 6) is 3.86. The average molecular weight is 539 g/mol. The summed E-state index contributed by atoms with van der Waals surface area (Å²) in [6, 6.07) is 0. The van der Waals surface area contributed by atoms with E-state index in [-0.39, 0.29) is 11.8 Å². The Kier molecular flexibility index (Phi) is 12.2. The molecule has 38 heavy (non-hydrogen) atoms. The first-order chi connectivity index (χ1) is 18.4. The van der Waals surface area contributed by atoms with Crippen LogP contribution in [0, 0.1) is 53.3 Å². The summed E-state index contributed by atoms with van der Waals surface area (Å²) in [4.78, 5) is 0. The van der Waals surface area contributed by atoms with Gasteiger partial charge in [-0.3, -0.25) is 0 Å². The standard InChI is InChI=1S/C35H61F3/c1-4-7-8-29-19-20-30(23-33(29)36)27-15-12-25(13-16-27)11-14-26(6-3)31-21-22-32(35(38)34(31)37)28-17-9-24(5-2)10-18-28/h24-35H,4-23H2,1-3H3. The van der Waals surface area contributed by atoms with Crippen molar-refractivity contribution in [2.24, 2.45) is 53.3 Å². The Labute approximate surface area is 234 Å². The summed E-state index contributed by atoms with van der Waals surface area (Å²) in [6.07, 6.45) is 19.6. The van der Waals surface area contributed by atoms with Crippen LogP contribution in [0.15, 0.2) is 0 Å². The van der Waals surface area contributed by atoms with E-state index in [2.05, 4.69) is 20.8 Å². The highest BCUT2D eigenvalue weighted by Crippen LogP contribution is 2.48. The first-order valence-corrected chi connectivity index (χ1v) is 17.4. The summed E-state index contributed by atoms with van der Waals surface area (Å²) < 4.78 is 45.9. The molecule has 0 amide bonds. The van der Waals surface area contributed by atoms with E-state index in [1.54, 1.807) is 0 Å². The zero-order valence-electron chi connectivity index (χ0n) is 25.2. The summed E-state index contributed by atoms with van der Waals surface area (Å²) in [6.45, 7) is 6.67. The Balaban J connectivity index is 1.18. The van der Waals surface area contributed by atoms with Crippen molar-refractivity contribution < 1.29 is 13.2 Å². The smallest absolute Gasteiger partial charge is 0.134 e. The van der Waals surface area contributed by atoms with Crippen LogP contribution in [0.1, 0.15) is 149 Å². The summed E-state index contributed by atoms with van der Waals surface area (Å²) in [5.41, 5.74) is 0. The van der Waals surface area contributed by atoms with E-state index in [4.69, 9.17) is 0 Å². The fourth-order valence-corrected chi connectivity index (χ4v) is 9.74. The second kappa shape index (κ2) is 15.1. The van der Waals surface area contributed by atoms with Gasteiger partial charge in [-0.2, -0.15) is 0 Å². The van der Waals surface area contributed by atoms with E-state index >= 15 is 8.78 Å². The first-order valence-electron chi connectivity index (χ1n) is 17.4. The Bertz CT molecular complexity index is 650. The van der Waals surface area contributed by atoms with E-state index in [0.717, 1.165) is 75.5 Å². The predicted octanol–water partition coefficient (Wildman–Crippen LogP) is 11.5. The fraction of sp³-hybridized carbons (Fsp3) is 1.00. The van der Waals surface area contributed by atoms with Crippen molar-refractivity contribution in [3.8, 4) is 0 Å². The lowest BCUT2D eigenvalue weighted by molar-refractivity contribution is -0.0323. The molecule has 0 radical (unpaired) electrons. The molecule has 4 saturated carbocycles. The fourth-order valence-electron chi connectivity index (χ4n) is 9.74. The van der Waals surface area contributed by atoms with E-state index in [9.17, 15) is 4.39 Å². The maximum Gasteiger partial charge on any atom is 0.134 e. The van der Waals surface area contributed by atoms with Crippen molar-refractivity contribution in [2.75, 3.05) is 0 Å². The van der Waals surface area contributed by atoms with Gasteiger partial charge in [0, 0.05) is 0 Å². The minimum absolute atomic E-state index is 0.0301. The van der Waals surface area contributed by atoms with Gasteiger partial charge in [-0.05, 0) is 124 Å². The third-order valence-electron chi connectivity index (χ3n) is 12.5. The molecular weight excluding hydrogens is 477 g/mol. The molecule has 4 aliphatic rings. The average Bonchev–Trinajstić information content (AvgIpc) is 2.95. The molecule has 0 aromatic rings. The molecule has 222 valence electrons. The highest BCUT2D eigenvalue weighted by molar-refractivity contribution is 4.94. The van der Waals surface area contributed by atoms with Gasteiger partial charge in [0.25, 0.3) is 0 Å². The third-order valence-corrected chi connectivity index (χ3v) is 12.5. The van der Waals surface area contributed by atoms with Crippen LogP contribution < -0.4 is 0 Å². The number of halogens is 3. The largest absolute Gasteiger partial charge is 0.247 e. The molecule has 0 aromatic heterocycles. The molecule has 0 spiro atoms. The van der Waals surface area contributed by atoms with Crippen LogP contribution in [0.5, 0.6) is 0 Å². The minimum atomic E-state index is -1.25. The van der Waals surface area contributed by atoms with Crippen LogP contribution in [0.3, 0.4) is 0 Å². The van der Waals surface area contributed by atoms with Crippen molar-refractivity contribution in [2.45, 2.75) is 168 Å². The van der Waals surface area contributed by atoms with Gasteiger partial charge in [-0.15, -0.1) is 0 Å². The van der Waals surface area contributed by atoms with Crippen molar-refractivity contribution >= 4 is 0 Å². The molecule has 0 aliphatic heterocycles. The second-order valence-corrected chi connectivity index (χ2v) is 14.5. The zero-order chi connectivity index (χ0) is 27.1. The lowest BCUT2D eigenvalue weighted by Gasteiger charge is -2.43. The molecule has 3 heteroatoms. The lowest BCUT2D eigenvalue weighted by atomic mass is 9.64. The quantitative estimate of drug-likeness (QED) is 0.245. The molecule has 0 aromatic carbocycles. The van der Waals surface area contributed by atoms with Gasteiger partial charge in [0.1, 0.15) is 18.5 Å². The molecule has 0 heterocycles. The molecular formula is C35H61F3. The number of hydrogen-bond donors (Lipinski definition) is 0. The Morgan fingerprint density at radius 1 is 0.632 bits per heavy atom. The minimum Gasteiger partial charge on any atom is -0.247 e. The van der Waals surface area contributed by atoms with Crippen LogP contribution >= 0.6 is 0 Å². The van der Waals surface area contributed by atoms with Gasteiger partial charge in [0.2, 0.25) is 0 Å². The monoisotopic (exact) mass is 538 g/mol. The Hall–Kier alpha value is -0.210. The van der Waals surface area contributed by atoms with Crippen molar-refractivity contribution in [1.29, 1.82) is 0 Å². The normalized spacial score (nSPS) is 43.6. The predicted molar refractivity (Wildman–Crippen MR) is 155 cm³/mol. The highest BCUT2D eigenvalue weighted by Gasteiger charge is 2.46. The molecule has 4 fully saturated rings. The maximum atomic E-state index is 15.6. The second-order valence-electron chi connectivity index (χ2n) is 14.5. The molecule has 0 N–H and O–H groups in total. The van der Waals surface area contributed by atoms with Crippen molar-refractivity contribution in [3.05, 3.63) is 0 Å². The molecule has 8 atom stereocenters. The number of unbranched alkanes of at least 4 members (excludes halogenated alkanes) is 1. The van der Waals surface area contributed by atoms with Crippen LogP contribution in [0.4, 0.5) is 13.2 Å². The summed E-state index contributed by atoms with van der Waals surface area (Å²) in [7, 11) is 0. The summed E-state index contributed by atoms with van der Waals surface area (Å²) in [5, 5.41) is 0. The lowest BCUT2D eigenvalue weighted by Crippen LogP contribution is -2.44. The van der Waals surface area contributed by atoms with E-state index in [1.165, 1.54) is 70.6 Å². The van der Waals surface area contributed by atoms with Gasteiger partial charge in [0.15, 0.2) is 0 Å². The molecule has 8 unspecified atom stereocenters. The van der Waals surface area contributed by atoms with Crippen molar-refractivity contribution in [1.82, 2.24) is 0 Å². The Morgan fingerprint density at radius 2 is 1.29 bits per heavy atom. The Morgan fingerprint density at radius 3 is 1.92 bits per heavy atom. The maximum absolute atomic E-state index is 15.6. The topological polar surface area (TPSA) is 0 Å². The van der Waals surface area contributed by atoms with Crippen molar-refractivity contribution in [3.63, 3.8) is 0 Å². The van der Waals surface area contributed by atoms with Crippen LogP contribution in [-0.2, 0) is 0 Å².